The standard InChI is InChI=1S/C15H21N3O/c1-3-8-18-11-15(10-17-18)19-14-5-4-13(6-7-16)12(2)9-14/h4-5,9-11H,3,6-8,16H2,1-2H3. The maximum Gasteiger partial charge on any atom is 0.165 e. The van der Waals surface area contributed by atoms with Crippen molar-refractivity contribution in [3.8, 4) is 11.5 Å². The van der Waals surface area contributed by atoms with Crippen molar-refractivity contribution in [2.75, 3.05) is 6.54 Å². The molecule has 102 valence electrons. The average molecular weight is 259 g/mol. The Balaban J connectivity index is 2.07. The van der Waals surface area contributed by atoms with Gasteiger partial charge < -0.3 is 10.5 Å². The van der Waals surface area contributed by atoms with E-state index in [-0.39, 0.29) is 0 Å². The third-order valence-electron chi connectivity index (χ3n) is 3.03. The molecule has 2 N–H and O–H groups in total. The summed E-state index contributed by atoms with van der Waals surface area (Å²) in [6.07, 6.45) is 5.64. The minimum absolute atomic E-state index is 0.671. The Labute approximate surface area is 114 Å². The quantitative estimate of drug-likeness (QED) is 0.867. The molecule has 0 unspecified atom stereocenters. The predicted octanol–water partition coefficient (Wildman–Crippen LogP) is 2.90. The van der Waals surface area contributed by atoms with Crippen LogP contribution >= 0.6 is 0 Å². The minimum atomic E-state index is 0.671. The van der Waals surface area contributed by atoms with Gasteiger partial charge in [0.1, 0.15) is 5.75 Å². The van der Waals surface area contributed by atoms with Gasteiger partial charge >= 0.3 is 0 Å². The molecular formula is C15H21N3O. The maximum atomic E-state index is 5.80. The largest absolute Gasteiger partial charge is 0.454 e. The zero-order valence-corrected chi connectivity index (χ0v) is 11.6. The smallest absolute Gasteiger partial charge is 0.165 e. The lowest BCUT2D eigenvalue weighted by Crippen LogP contribution is -2.04. The number of rotatable bonds is 6. The first-order valence-electron chi connectivity index (χ1n) is 6.73. The van der Waals surface area contributed by atoms with Gasteiger partial charge in [0.05, 0.1) is 12.4 Å². The molecule has 0 atom stereocenters. The van der Waals surface area contributed by atoms with E-state index in [1.165, 1.54) is 11.1 Å². The Hall–Kier alpha value is -1.81. The lowest BCUT2D eigenvalue weighted by molar-refractivity contribution is 0.480. The van der Waals surface area contributed by atoms with Crippen LogP contribution in [0.3, 0.4) is 0 Å². The number of aryl methyl sites for hydroxylation is 2. The molecule has 0 bridgehead atoms. The van der Waals surface area contributed by atoms with Crippen LogP contribution in [0.1, 0.15) is 24.5 Å². The lowest BCUT2D eigenvalue weighted by atomic mass is 10.1. The molecule has 0 spiro atoms. The summed E-state index contributed by atoms with van der Waals surface area (Å²) < 4.78 is 7.70. The predicted molar refractivity (Wildman–Crippen MR) is 76.5 cm³/mol. The summed E-state index contributed by atoms with van der Waals surface area (Å²) in [6, 6.07) is 6.10. The molecule has 2 rings (SSSR count). The van der Waals surface area contributed by atoms with Gasteiger partial charge in [-0.1, -0.05) is 13.0 Å². The molecule has 1 aromatic carbocycles. The molecule has 0 radical (unpaired) electrons. The molecule has 0 saturated carbocycles. The topological polar surface area (TPSA) is 53.1 Å². The Morgan fingerprint density at radius 3 is 2.84 bits per heavy atom. The van der Waals surface area contributed by atoms with E-state index in [4.69, 9.17) is 10.5 Å². The van der Waals surface area contributed by atoms with Crippen LogP contribution < -0.4 is 10.5 Å². The molecule has 19 heavy (non-hydrogen) atoms. The Kier molecular flexibility index (Phi) is 4.58. The summed E-state index contributed by atoms with van der Waals surface area (Å²) >= 11 is 0. The highest BCUT2D eigenvalue weighted by Crippen LogP contribution is 2.23. The maximum absolute atomic E-state index is 5.80. The van der Waals surface area contributed by atoms with Crippen LogP contribution in [-0.2, 0) is 13.0 Å². The molecule has 0 aliphatic heterocycles. The number of hydrogen-bond donors (Lipinski definition) is 1. The van der Waals surface area contributed by atoms with E-state index in [1.807, 2.05) is 23.0 Å². The number of hydrogen-bond acceptors (Lipinski definition) is 3. The van der Waals surface area contributed by atoms with Gasteiger partial charge in [0.25, 0.3) is 0 Å². The van der Waals surface area contributed by atoms with Crippen LogP contribution in [0.2, 0.25) is 0 Å². The van der Waals surface area contributed by atoms with Gasteiger partial charge in [0, 0.05) is 6.54 Å². The fourth-order valence-electron chi connectivity index (χ4n) is 2.05. The molecule has 0 aliphatic carbocycles. The van der Waals surface area contributed by atoms with E-state index < -0.39 is 0 Å². The monoisotopic (exact) mass is 259 g/mol. The molecule has 4 heteroatoms. The molecule has 4 nitrogen and oxygen atoms in total. The molecule has 0 fully saturated rings. The molecule has 0 saturated heterocycles. The zero-order chi connectivity index (χ0) is 13.7. The fraction of sp³-hybridized carbons (Fsp3) is 0.400. The third kappa shape index (κ3) is 3.58. The SMILES string of the molecule is CCCn1cc(Oc2ccc(CCN)c(C)c2)cn1. The van der Waals surface area contributed by atoms with Gasteiger partial charge in [-0.2, -0.15) is 5.10 Å². The van der Waals surface area contributed by atoms with Crippen LogP contribution in [0.25, 0.3) is 0 Å². The van der Waals surface area contributed by atoms with Crippen molar-refractivity contribution in [2.45, 2.75) is 33.2 Å². The van der Waals surface area contributed by atoms with Crippen molar-refractivity contribution in [3.63, 3.8) is 0 Å². The van der Waals surface area contributed by atoms with E-state index in [0.717, 1.165) is 30.9 Å². The normalized spacial score (nSPS) is 10.7. The average Bonchev–Trinajstić information content (AvgIpc) is 2.81. The van der Waals surface area contributed by atoms with Gasteiger partial charge in [-0.3, -0.25) is 4.68 Å². The highest BCUT2D eigenvalue weighted by Gasteiger charge is 2.04. The molecule has 0 amide bonds. The van der Waals surface area contributed by atoms with Crippen LogP contribution in [0, 0.1) is 6.92 Å². The van der Waals surface area contributed by atoms with Gasteiger partial charge in [-0.05, 0) is 49.6 Å². The molecule has 0 aliphatic rings. The highest BCUT2D eigenvalue weighted by molar-refractivity contribution is 5.37. The first kappa shape index (κ1) is 13.6. The van der Waals surface area contributed by atoms with Gasteiger partial charge in [-0.15, -0.1) is 0 Å². The Morgan fingerprint density at radius 1 is 1.32 bits per heavy atom. The third-order valence-corrected chi connectivity index (χ3v) is 3.03. The number of nitrogens with zero attached hydrogens (tertiary/aromatic N) is 2. The Morgan fingerprint density at radius 2 is 2.16 bits per heavy atom. The van der Waals surface area contributed by atoms with Gasteiger partial charge in [-0.25, -0.2) is 0 Å². The molecule has 1 aromatic heterocycles. The summed E-state index contributed by atoms with van der Waals surface area (Å²) in [7, 11) is 0. The van der Waals surface area contributed by atoms with Crippen LogP contribution in [0.5, 0.6) is 11.5 Å². The van der Waals surface area contributed by atoms with E-state index >= 15 is 0 Å². The van der Waals surface area contributed by atoms with Crippen molar-refractivity contribution in [3.05, 3.63) is 41.7 Å². The van der Waals surface area contributed by atoms with Crippen molar-refractivity contribution in [2.24, 2.45) is 5.73 Å². The summed E-state index contributed by atoms with van der Waals surface area (Å²) in [5.74, 6) is 1.62. The Bertz CT molecular complexity index is 534. The summed E-state index contributed by atoms with van der Waals surface area (Å²) in [4.78, 5) is 0. The van der Waals surface area contributed by atoms with Crippen molar-refractivity contribution >= 4 is 0 Å². The van der Waals surface area contributed by atoms with Crippen LogP contribution in [0.4, 0.5) is 0 Å². The second-order valence-electron chi connectivity index (χ2n) is 4.67. The molecule has 1 heterocycles. The van der Waals surface area contributed by atoms with Gasteiger partial charge in [0.2, 0.25) is 0 Å². The van der Waals surface area contributed by atoms with Crippen molar-refractivity contribution in [1.29, 1.82) is 0 Å². The van der Waals surface area contributed by atoms with Crippen LogP contribution in [0.15, 0.2) is 30.6 Å². The number of benzene rings is 1. The van der Waals surface area contributed by atoms with E-state index in [1.54, 1.807) is 6.20 Å². The fourth-order valence-corrected chi connectivity index (χ4v) is 2.05. The second kappa shape index (κ2) is 6.38. The lowest BCUT2D eigenvalue weighted by Gasteiger charge is -2.08. The second-order valence-corrected chi connectivity index (χ2v) is 4.67. The summed E-state index contributed by atoms with van der Waals surface area (Å²) in [5.41, 5.74) is 8.07. The molecule has 2 aromatic rings. The summed E-state index contributed by atoms with van der Waals surface area (Å²) in [5, 5.41) is 4.25. The van der Waals surface area contributed by atoms with E-state index in [9.17, 15) is 0 Å². The van der Waals surface area contributed by atoms with Crippen molar-refractivity contribution < 1.29 is 4.74 Å². The number of ether oxygens (including phenoxy) is 1. The van der Waals surface area contributed by atoms with Crippen molar-refractivity contribution in [1.82, 2.24) is 9.78 Å². The highest BCUT2D eigenvalue weighted by atomic mass is 16.5. The summed E-state index contributed by atoms with van der Waals surface area (Å²) in [6.45, 7) is 5.79. The zero-order valence-electron chi connectivity index (χ0n) is 11.6. The van der Waals surface area contributed by atoms with E-state index in [0.29, 0.717) is 6.54 Å². The van der Waals surface area contributed by atoms with Crippen LogP contribution in [-0.4, -0.2) is 16.3 Å². The first-order valence-corrected chi connectivity index (χ1v) is 6.73. The minimum Gasteiger partial charge on any atom is -0.454 e. The number of aromatic nitrogens is 2. The van der Waals surface area contributed by atoms with Gasteiger partial charge in [0.15, 0.2) is 5.75 Å². The number of nitrogens with two attached hydrogens (primary N) is 1. The molecular weight excluding hydrogens is 238 g/mol. The van der Waals surface area contributed by atoms with E-state index in [2.05, 4.69) is 25.0 Å². The first-order chi connectivity index (χ1) is 9.22.